The summed E-state index contributed by atoms with van der Waals surface area (Å²) in [6.45, 7) is 5.96. The maximum atomic E-state index is 9.96. The molecule has 0 aliphatic rings. The monoisotopic (exact) mass is 228 g/mol. The summed E-state index contributed by atoms with van der Waals surface area (Å²) in [6.07, 6.45) is 0. The first-order chi connectivity index (χ1) is 7.99. The van der Waals surface area contributed by atoms with Crippen molar-refractivity contribution >= 4 is 0 Å². The Morgan fingerprint density at radius 3 is 2.00 bits per heavy atom. The number of rotatable bonds is 1. The van der Waals surface area contributed by atoms with Gasteiger partial charge in [-0.2, -0.15) is 0 Å². The quantitative estimate of drug-likeness (QED) is 0.731. The van der Waals surface area contributed by atoms with E-state index in [2.05, 4.69) is 6.07 Å². The van der Waals surface area contributed by atoms with Gasteiger partial charge >= 0.3 is 0 Å². The molecule has 2 rings (SSSR count). The van der Waals surface area contributed by atoms with Crippen LogP contribution < -0.4 is 0 Å². The van der Waals surface area contributed by atoms with Gasteiger partial charge in [0, 0.05) is 5.56 Å². The molecular weight excluding hydrogens is 212 g/mol. The van der Waals surface area contributed by atoms with Crippen LogP contribution in [0.3, 0.4) is 0 Å². The predicted octanol–water partition coefficient (Wildman–Crippen LogP) is 3.69. The fourth-order valence-electron chi connectivity index (χ4n) is 2.16. The highest BCUT2D eigenvalue weighted by Gasteiger charge is 2.12. The van der Waals surface area contributed by atoms with Crippen molar-refractivity contribution in [3.8, 4) is 22.6 Å². The van der Waals surface area contributed by atoms with Crippen molar-refractivity contribution in [1.29, 1.82) is 0 Å². The molecule has 17 heavy (non-hydrogen) atoms. The van der Waals surface area contributed by atoms with Crippen molar-refractivity contribution in [3.05, 3.63) is 47.0 Å². The van der Waals surface area contributed by atoms with E-state index < -0.39 is 0 Å². The van der Waals surface area contributed by atoms with Gasteiger partial charge in [-0.25, -0.2) is 0 Å². The molecule has 0 saturated carbocycles. The Bertz CT molecular complexity index is 551. The second-order valence-electron chi connectivity index (χ2n) is 4.50. The van der Waals surface area contributed by atoms with Gasteiger partial charge in [-0.1, -0.05) is 35.4 Å². The number of hydrogen-bond donors (Lipinski definition) is 2. The summed E-state index contributed by atoms with van der Waals surface area (Å²) >= 11 is 0. The fourth-order valence-corrected chi connectivity index (χ4v) is 2.16. The summed E-state index contributed by atoms with van der Waals surface area (Å²) in [5.74, 6) is -0.125. The minimum absolute atomic E-state index is 0.0463. The normalized spacial score (nSPS) is 10.5. The largest absolute Gasteiger partial charge is 0.504 e. The second kappa shape index (κ2) is 4.13. The summed E-state index contributed by atoms with van der Waals surface area (Å²) in [6, 6.07) is 9.42. The molecule has 0 aromatic heterocycles. The van der Waals surface area contributed by atoms with Crippen LogP contribution in [0.15, 0.2) is 30.3 Å². The van der Waals surface area contributed by atoms with Gasteiger partial charge in [0.2, 0.25) is 0 Å². The average molecular weight is 228 g/mol. The molecule has 0 aliphatic carbocycles. The molecular formula is C15H16O2. The maximum absolute atomic E-state index is 9.96. The van der Waals surface area contributed by atoms with E-state index in [1.165, 1.54) is 6.07 Å². The molecule has 0 aliphatic heterocycles. The van der Waals surface area contributed by atoms with Gasteiger partial charge in [0.05, 0.1) is 0 Å². The summed E-state index contributed by atoms with van der Waals surface area (Å²) in [5.41, 5.74) is 4.87. The van der Waals surface area contributed by atoms with Crippen molar-refractivity contribution in [1.82, 2.24) is 0 Å². The molecule has 0 saturated heterocycles. The molecule has 0 amide bonds. The van der Waals surface area contributed by atoms with Crippen LogP contribution in [0.1, 0.15) is 16.7 Å². The molecule has 0 spiro atoms. The topological polar surface area (TPSA) is 40.5 Å². The minimum atomic E-state index is -0.0789. The van der Waals surface area contributed by atoms with Gasteiger partial charge < -0.3 is 10.2 Å². The van der Waals surface area contributed by atoms with Crippen molar-refractivity contribution in [2.75, 3.05) is 0 Å². The Morgan fingerprint density at radius 1 is 0.824 bits per heavy atom. The van der Waals surface area contributed by atoms with Gasteiger partial charge in [0.25, 0.3) is 0 Å². The Kier molecular flexibility index (Phi) is 2.80. The zero-order valence-corrected chi connectivity index (χ0v) is 10.3. The Morgan fingerprint density at radius 2 is 1.41 bits per heavy atom. The molecule has 2 aromatic carbocycles. The number of phenols is 2. The van der Waals surface area contributed by atoms with Crippen molar-refractivity contribution in [2.45, 2.75) is 20.8 Å². The van der Waals surface area contributed by atoms with Crippen molar-refractivity contribution in [2.24, 2.45) is 0 Å². The average Bonchev–Trinajstić information content (AvgIpc) is 2.23. The van der Waals surface area contributed by atoms with Crippen molar-refractivity contribution < 1.29 is 10.2 Å². The summed E-state index contributed by atoms with van der Waals surface area (Å²) in [7, 11) is 0. The molecule has 2 nitrogen and oxygen atoms in total. The third kappa shape index (κ3) is 2.11. The zero-order chi connectivity index (χ0) is 12.6. The summed E-state index contributed by atoms with van der Waals surface area (Å²) in [4.78, 5) is 0. The molecule has 0 fully saturated rings. The number of benzene rings is 2. The van der Waals surface area contributed by atoms with Crippen LogP contribution in [0.2, 0.25) is 0 Å². The SMILES string of the molecule is Cc1cc(C)cc(-c2c(C)ccc(O)c2O)c1. The Hall–Kier alpha value is -1.96. The standard InChI is InChI=1S/C15H16O2/c1-9-6-10(2)8-12(7-9)14-11(3)4-5-13(16)15(14)17/h4-8,16-17H,1-3H3. The Balaban J connectivity index is 2.72. The van der Waals surface area contributed by atoms with Gasteiger partial charge in [-0.3, -0.25) is 0 Å². The highest BCUT2D eigenvalue weighted by atomic mass is 16.3. The first-order valence-corrected chi connectivity index (χ1v) is 5.59. The maximum Gasteiger partial charge on any atom is 0.165 e. The van der Waals surface area contributed by atoms with Crippen LogP contribution in [0.4, 0.5) is 0 Å². The fraction of sp³-hybridized carbons (Fsp3) is 0.200. The van der Waals surface area contributed by atoms with Crippen LogP contribution in [0.25, 0.3) is 11.1 Å². The molecule has 0 atom stereocenters. The first-order valence-electron chi connectivity index (χ1n) is 5.59. The minimum Gasteiger partial charge on any atom is -0.504 e. The van der Waals surface area contributed by atoms with E-state index in [9.17, 15) is 10.2 Å². The molecule has 0 unspecified atom stereocenters. The van der Waals surface area contributed by atoms with E-state index in [0.29, 0.717) is 5.56 Å². The molecule has 0 heterocycles. The van der Waals surface area contributed by atoms with E-state index in [-0.39, 0.29) is 11.5 Å². The van der Waals surface area contributed by atoms with Gasteiger partial charge in [0.15, 0.2) is 11.5 Å². The van der Waals surface area contributed by atoms with Crippen molar-refractivity contribution in [3.63, 3.8) is 0 Å². The van der Waals surface area contributed by atoms with Crippen LogP contribution in [-0.2, 0) is 0 Å². The summed E-state index contributed by atoms with van der Waals surface area (Å²) < 4.78 is 0. The van der Waals surface area contributed by atoms with E-state index in [1.807, 2.05) is 39.0 Å². The number of aromatic hydroxyl groups is 2. The Labute approximate surface area is 101 Å². The van der Waals surface area contributed by atoms with Crippen LogP contribution in [-0.4, -0.2) is 10.2 Å². The van der Waals surface area contributed by atoms with E-state index in [4.69, 9.17) is 0 Å². The van der Waals surface area contributed by atoms with Crippen LogP contribution in [0, 0.1) is 20.8 Å². The van der Waals surface area contributed by atoms with Gasteiger partial charge in [0.1, 0.15) is 0 Å². The molecule has 2 heteroatoms. The highest BCUT2D eigenvalue weighted by Crippen LogP contribution is 2.39. The lowest BCUT2D eigenvalue weighted by Gasteiger charge is -2.11. The lowest BCUT2D eigenvalue weighted by atomic mass is 9.96. The van der Waals surface area contributed by atoms with Gasteiger partial charge in [-0.05, 0) is 38.0 Å². The predicted molar refractivity (Wildman–Crippen MR) is 69.4 cm³/mol. The van der Waals surface area contributed by atoms with Gasteiger partial charge in [-0.15, -0.1) is 0 Å². The molecule has 0 bridgehead atoms. The molecule has 0 radical (unpaired) electrons. The lowest BCUT2D eigenvalue weighted by Crippen LogP contribution is -1.87. The van der Waals surface area contributed by atoms with Crippen LogP contribution >= 0.6 is 0 Å². The third-order valence-electron chi connectivity index (χ3n) is 2.88. The first kappa shape index (κ1) is 11.5. The highest BCUT2D eigenvalue weighted by molar-refractivity contribution is 5.77. The summed E-state index contributed by atoms with van der Waals surface area (Å²) in [5, 5.41) is 19.5. The van der Waals surface area contributed by atoms with E-state index >= 15 is 0 Å². The third-order valence-corrected chi connectivity index (χ3v) is 2.88. The molecule has 2 N–H and O–H groups in total. The number of hydrogen-bond acceptors (Lipinski definition) is 2. The smallest absolute Gasteiger partial charge is 0.165 e. The van der Waals surface area contributed by atoms with Crippen LogP contribution in [0.5, 0.6) is 11.5 Å². The van der Waals surface area contributed by atoms with E-state index in [0.717, 1.165) is 22.3 Å². The van der Waals surface area contributed by atoms with E-state index in [1.54, 1.807) is 0 Å². The second-order valence-corrected chi connectivity index (χ2v) is 4.50. The molecule has 88 valence electrons. The number of phenolic OH excluding ortho intramolecular Hbond substituents is 2. The molecule has 2 aromatic rings. The lowest BCUT2D eigenvalue weighted by molar-refractivity contribution is 0.405. The zero-order valence-electron chi connectivity index (χ0n) is 10.3. The number of aryl methyl sites for hydroxylation is 3.